The molecular weight excluding hydrogens is 262 g/mol. The van der Waals surface area contributed by atoms with Crippen molar-refractivity contribution in [1.82, 2.24) is 14.9 Å². The molecule has 4 nitrogen and oxygen atoms in total. The Morgan fingerprint density at radius 3 is 2.67 bits per heavy atom. The number of para-hydroxylation sites is 2. The van der Waals surface area contributed by atoms with Crippen molar-refractivity contribution in [3.63, 3.8) is 0 Å². The van der Waals surface area contributed by atoms with Crippen LogP contribution in [-0.2, 0) is 13.0 Å². The van der Waals surface area contributed by atoms with E-state index in [0.29, 0.717) is 12.4 Å². The van der Waals surface area contributed by atoms with E-state index in [0.717, 1.165) is 24.0 Å². The van der Waals surface area contributed by atoms with E-state index in [2.05, 4.69) is 28.2 Å². The van der Waals surface area contributed by atoms with Crippen LogP contribution in [0.5, 0.6) is 0 Å². The maximum absolute atomic E-state index is 12.6. The fourth-order valence-corrected chi connectivity index (χ4v) is 2.87. The van der Waals surface area contributed by atoms with Gasteiger partial charge in [0.15, 0.2) is 5.82 Å². The number of rotatable bonds is 1. The lowest BCUT2D eigenvalue weighted by atomic mass is 10.00. The van der Waals surface area contributed by atoms with Crippen LogP contribution in [0.2, 0.25) is 0 Å². The van der Waals surface area contributed by atoms with E-state index in [9.17, 15) is 4.79 Å². The van der Waals surface area contributed by atoms with Crippen LogP contribution < -0.4 is 0 Å². The quantitative estimate of drug-likeness (QED) is 0.743. The molecule has 1 aliphatic rings. The highest BCUT2D eigenvalue weighted by molar-refractivity contribution is 5.94. The number of benzene rings is 2. The van der Waals surface area contributed by atoms with Gasteiger partial charge in [-0.3, -0.25) is 4.79 Å². The number of carbonyl (C=O) groups is 1. The van der Waals surface area contributed by atoms with E-state index in [1.807, 2.05) is 35.2 Å². The van der Waals surface area contributed by atoms with Crippen molar-refractivity contribution in [2.24, 2.45) is 0 Å². The Labute approximate surface area is 122 Å². The lowest BCUT2D eigenvalue weighted by Gasteiger charge is -2.28. The van der Waals surface area contributed by atoms with Crippen LogP contribution in [0.1, 0.15) is 21.7 Å². The minimum atomic E-state index is -0.0271. The van der Waals surface area contributed by atoms with Crippen LogP contribution in [0.3, 0.4) is 0 Å². The molecule has 0 fully saturated rings. The molecule has 2 heterocycles. The lowest BCUT2D eigenvalue weighted by molar-refractivity contribution is 0.0724. The highest BCUT2D eigenvalue weighted by Gasteiger charge is 2.23. The van der Waals surface area contributed by atoms with E-state index in [4.69, 9.17) is 0 Å². The summed E-state index contributed by atoms with van der Waals surface area (Å²) in [6.45, 7) is 1.40. The summed E-state index contributed by atoms with van der Waals surface area (Å²) in [5.41, 5.74) is 4.30. The zero-order chi connectivity index (χ0) is 14.2. The average molecular weight is 277 g/mol. The number of amides is 1. The van der Waals surface area contributed by atoms with E-state index < -0.39 is 0 Å². The van der Waals surface area contributed by atoms with Crippen molar-refractivity contribution in [1.29, 1.82) is 0 Å². The molecule has 21 heavy (non-hydrogen) atoms. The molecule has 0 aliphatic carbocycles. The SMILES string of the molecule is O=C(c1nc2ccccc2[nH]1)N1CCc2ccccc2C1. The second-order valence-electron chi connectivity index (χ2n) is 5.35. The van der Waals surface area contributed by atoms with Crippen LogP contribution >= 0.6 is 0 Å². The molecule has 1 N–H and O–H groups in total. The first-order chi connectivity index (χ1) is 10.3. The molecule has 0 radical (unpaired) electrons. The third-order valence-electron chi connectivity index (χ3n) is 4.01. The zero-order valence-corrected chi connectivity index (χ0v) is 11.5. The van der Waals surface area contributed by atoms with Gasteiger partial charge in [0, 0.05) is 13.1 Å². The number of aromatic nitrogens is 2. The smallest absolute Gasteiger partial charge is 0.289 e. The molecule has 4 rings (SSSR count). The van der Waals surface area contributed by atoms with Gasteiger partial charge in [0.2, 0.25) is 0 Å². The molecular formula is C17H15N3O. The summed E-state index contributed by atoms with van der Waals surface area (Å²) in [5.74, 6) is 0.399. The van der Waals surface area contributed by atoms with Gasteiger partial charge in [0.05, 0.1) is 11.0 Å². The molecule has 0 bridgehead atoms. The van der Waals surface area contributed by atoms with E-state index in [1.165, 1.54) is 11.1 Å². The topological polar surface area (TPSA) is 49.0 Å². The number of imidazole rings is 1. The molecule has 2 aromatic carbocycles. The van der Waals surface area contributed by atoms with Crippen molar-refractivity contribution in [2.75, 3.05) is 6.54 Å². The third kappa shape index (κ3) is 2.09. The molecule has 0 saturated carbocycles. The molecule has 0 atom stereocenters. The number of fused-ring (bicyclic) bond motifs is 2. The Bertz CT molecular complexity index is 789. The largest absolute Gasteiger partial charge is 0.334 e. The molecule has 0 unspecified atom stereocenters. The Hall–Kier alpha value is -2.62. The summed E-state index contributed by atoms with van der Waals surface area (Å²) in [4.78, 5) is 22.0. The number of hydrogen-bond acceptors (Lipinski definition) is 2. The van der Waals surface area contributed by atoms with Crippen LogP contribution in [0.4, 0.5) is 0 Å². The van der Waals surface area contributed by atoms with Gasteiger partial charge in [0.25, 0.3) is 5.91 Å². The number of hydrogen-bond donors (Lipinski definition) is 1. The Morgan fingerprint density at radius 2 is 1.81 bits per heavy atom. The van der Waals surface area contributed by atoms with Gasteiger partial charge in [-0.25, -0.2) is 4.98 Å². The maximum Gasteiger partial charge on any atom is 0.289 e. The van der Waals surface area contributed by atoms with E-state index in [-0.39, 0.29) is 5.91 Å². The first-order valence-electron chi connectivity index (χ1n) is 7.12. The summed E-state index contributed by atoms with van der Waals surface area (Å²) < 4.78 is 0. The molecule has 0 saturated heterocycles. The van der Waals surface area contributed by atoms with Crippen LogP contribution in [0.25, 0.3) is 11.0 Å². The molecule has 4 heteroatoms. The average Bonchev–Trinajstić information content (AvgIpc) is 2.97. The summed E-state index contributed by atoms with van der Waals surface area (Å²) in [7, 11) is 0. The Kier molecular flexibility index (Phi) is 2.74. The monoisotopic (exact) mass is 277 g/mol. The number of carbonyl (C=O) groups excluding carboxylic acids is 1. The Balaban J connectivity index is 1.63. The predicted octanol–water partition coefficient (Wildman–Crippen LogP) is 2.76. The summed E-state index contributed by atoms with van der Waals surface area (Å²) >= 11 is 0. The molecule has 1 amide bonds. The summed E-state index contributed by atoms with van der Waals surface area (Å²) in [5, 5.41) is 0. The fraction of sp³-hybridized carbons (Fsp3) is 0.176. The van der Waals surface area contributed by atoms with Crippen molar-refractivity contribution >= 4 is 16.9 Å². The number of nitrogens with zero attached hydrogens (tertiary/aromatic N) is 2. The molecule has 3 aromatic rings. The fourth-order valence-electron chi connectivity index (χ4n) is 2.87. The molecule has 0 spiro atoms. The lowest BCUT2D eigenvalue weighted by Crippen LogP contribution is -2.36. The van der Waals surface area contributed by atoms with Gasteiger partial charge in [0.1, 0.15) is 0 Å². The van der Waals surface area contributed by atoms with Gasteiger partial charge in [-0.2, -0.15) is 0 Å². The van der Waals surface area contributed by atoms with Crippen molar-refractivity contribution in [3.05, 3.63) is 65.5 Å². The highest BCUT2D eigenvalue weighted by atomic mass is 16.2. The number of H-pyrrole nitrogens is 1. The Morgan fingerprint density at radius 1 is 1.05 bits per heavy atom. The van der Waals surface area contributed by atoms with Gasteiger partial charge in [-0.15, -0.1) is 0 Å². The first kappa shape index (κ1) is 12.1. The summed E-state index contributed by atoms with van der Waals surface area (Å²) in [6.07, 6.45) is 0.905. The van der Waals surface area contributed by atoms with Gasteiger partial charge in [-0.1, -0.05) is 36.4 Å². The van der Waals surface area contributed by atoms with Gasteiger partial charge in [-0.05, 0) is 29.7 Å². The van der Waals surface area contributed by atoms with Crippen molar-refractivity contribution < 1.29 is 4.79 Å². The van der Waals surface area contributed by atoms with Gasteiger partial charge >= 0.3 is 0 Å². The minimum absolute atomic E-state index is 0.0271. The number of nitrogens with one attached hydrogen (secondary N) is 1. The van der Waals surface area contributed by atoms with Crippen LogP contribution in [0.15, 0.2) is 48.5 Å². The van der Waals surface area contributed by atoms with Crippen molar-refractivity contribution in [2.45, 2.75) is 13.0 Å². The second-order valence-corrected chi connectivity index (χ2v) is 5.35. The minimum Gasteiger partial charge on any atom is -0.334 e. The normalized spacial score (nSPS) is 14.2. The zero-order valence-electron chi connectivity index (χ0n) is 11.5. The van der Waals surface area contributed by atoms with Gasteiger partial charge < -0.3 is 9.88 Å². The standard InChI is InChI=1S/C17H15N3O/c21-17(16-18-14-7-3-4-8-15(14)19-16)20-10-9-12-5-1-2-6-13(12)11-20/h1-8H,9-11H2,(H,18,19). The highest BCUT2D eigenvalue weighted by Crippen LogP contribution is 2.20. The third-order valence-corrected chi connectivity index (χ3v) is 4.01. The second kappa shape index (κ2) is 4.74. The maximum atomic E-state index is 12.6. The van der Waals surface area contributed by atoms with Crippen LogP contribution in [-0.4, -0.2) is 27.3 Å². The molecule has 1 aromatic heterocycles. The molecule has 1 aliphatic heterocycles. The van der Waals surface area contributed by atoms with E-state index in [1.54, 1.807) is 0 Å². The predicted molar refractivity (Wildman–Crippen MR) is 81.0 cm³/mol. The van der Waals surface area contributed by atoms with E-state index >= 15 is 0 Å². The van der Waals surface area contributed by atoms with Crippen molar-refractivity contribution in [3.8, 4) is 0 Å². The summed E-state index contributed by atoms with van der Waals surface area (Å²) in [6, 6.07) is 16.0. The molecule has 104 valence electrons. The number of aromatic amines is 1. The van der Waals surface area contributed by atoms with Crippen LogP contribution in [0, 0.1) is 0 Å². The first-order valence-corrected chi connectivity index (χ1v) is 7.12.